The fraction of sp³-hybridized carbons (Fsp3) is 0.708. The molecule has 0 spiro atoms. The van der Waals surface area contributed by atoms with Crippen LogP contribution < -0.4 is 5.32 Å². The molecule has 6 rings (SSSR count). The Morgan fingerprint density at radius 3 is 2.38 bits per heavy atom. The van der Waals surface area contributed by atoms with Crippen molar-refractivity contribution in [1.82, 2.24) is 10.2 Å². The Labute approximate surface area is 173 Å². The van der Waals surface area contributed by atoms with Crippen LogP contribution in [0.25, 0.3) is 0 Å². The number of nitrogens with zero attached hydrogens (tertiary/aromatic N) is 1. The maximum absolute atomic E-state index is 12.7. The Hall–Kier alpha value is -1.43. The van der Waals surface area contributed by atoms with Crippen molar-refractivity contribution in [3.05, 3.63) is 35.4 Å². The number of hydrogen-bond donors (Lipinski definition) is 2. The van der Waals surface area contributed by atoms with Crippen molar-refractivity contribution in [2.75, 3.05) is 26.3 Å². The first-order valence-electron chi connectivity index (χ1n) is 11.4. The van der Waals surface area contributed by atoms with E-state index in [0.29, 0.717) is 24.8 Å². The van der Waals surface area contributed by atoms with Gasteiger partial charge in [0.05, 0.1) is 18.8 Å². The van der Waals surface area contributed by atoms with Crippen LogP contribution in [0.15, 0.2) is 24.3 Å². The van der Waals surface area contributed by atoms with Crippen LogP contribution in [-0.4, -0.2) is 47.8 Å². The first-order chi connectivity index (χ1) is 14.0. The highest BCUT2D eigenvalue weighted by molar-refractivity contribution is 5.76. The number of ether oxygens (including phenoxy) is 1. The molecule has 1 amide bonds. The second kappa shape index (κ2) is 7.68. The third kappa shape index (κ3) is 4.37. The summed E-state index contributed by atoms with van der Waals surface area (Å²) in [6, 6.07) is 8.60. The zero-order valence-corrected chi connectivity index (χ0v) is 17.4. The Bertz CT molecular complexity index is 727. The predicted molar refractivity (Wildman–Crippen MR) is 111 cm³/mol. The minimum Gasteiger partial charge on any atom is -0.390 e. The van der Waals surface area contributed by atoms with E-state index in [0.717, 1.165) is 70.5 Å². The summed E-state index contributed by atoms with van der Waals surface area (Å²) in [7, 11) is 0. The predicted octanol–water partition coefficient (Wildman–Crippen LogP) is 2.86. The molecule has 0 aromatic heterocycles. The molecule has 1 saturated heterocycles. The minimum atomic E-state index is -0.485. The van der Waals surface area contributed by atoms with Gasteiger partial charge >= 0.3 is 0 Å². The molecule has 158 valence electrons. The van der Waals surface area contributed by atoms with E-state index in [1.807, 2.05) is 0 Å². The lowest BCUT2D eigenvalue weighted by molar-refractivity contribution is -0.169. The normalized spacial score (nSPS) is 36.3. The summed E-state index contributed by atoms with van der Waals surface area (Å²) < 4.78 is 5.41. The number of carbonyl (C=O) groups is 1. The molecular formula is C24H34N2O3. The highest BCUT2D eigenvalue weighted by atomic mass is 16.5. The molecule has 1 aromatic rings. The van der Waals surface area contributed by atoms with Crippen LogP contribution >= 0.6 is 0 Å². The van der Waals surface area contributed by atoms with Gasteiger partial charge in [-0.25, -0.2) is 0 Å². The number of amides is 1. The summed E-state index contributed by atoms with van der Waals surface area (Å²) in [5.41, 5.74) is 2.02. The minimum absolute atomic E-state index is 0.0466. The maximum Gasteiger partial charge on any atom is 0.220 e. The number of hydrogen-bond acceptors (Lipinski definition) is 4. The monoisotopic (exact) mass is 398 g/mol. The highest BCUT2D eigenvalue weighted by Gasteiger charge is 2.57. The van der Waals surface area contributed by atoms with Crippen LogP contribution in [0.2, 0.25) is 0 Å². The van der Waals surface area contributed by atoms with Crippen LogP contribution in [0.3, 0.4) is 0 Å². The van der Waals surface area contributed by atoms with Crippen LogP contribution in [0, 0.1) is 17.3 Å². The molecule has 29 heavy (non-hydrogen) atoms. The average Bonchev–Trinajstić information content (AvgIpc) is 2.66. The standard InChI is InChI=1S/C24H34N2O3/c27-22(14-23-10-20-9-21(11-23)13-24(28,12-20)17-23)25-15-18-1-3-19(4-2-18)16-26-5-7-29-8-6-26/h1-4,20-21,28H,5-17H2,(H,25,27). The van der Waals surface area contributed by atoms with Gasteiger partial charge in [0.1, 0.15) is 0 Å². The van der Waals surface area contributed by atoms with E-state index in [-0.39, 0.29) is 11.3 Å². The molecule has 2 N–H and O–H groups in total. The lowest BCUT2D eigenvalue weighted by Gasteiger charge is -2.60. The Balaban J connectivity index is 1.12. The van der Waals surface area contributed by atoms with Crippen LogP contribution in [-0.2, 0) is 22.6 Å². The van der Waals surface area contributed by atoms with E-state index in [1.165, 1.54) is 12.0 Å². The van der Waals surface area contributed by atoms with Gasteiger partial charge in [0.2, 0.25) is 5.91 Å². The molecule has 1 heterocycles. The van der Waals surface area contributed by atoms with E-state index in [9.17, 15) is 9.90 Å². The Kier molecular flexibility index (Phi) is 5.17. The maximum atomic E-state index is 12.7. The van der Waals surface area contributed by atoms with E-state index in [2.05, 4.69) is 34.5 Å². The smallest absolute Gasteiger partial charge is 0.220 e. The van der Waals surface area contributed by atoms with Crippen molar-refractivity contribution in [2.24, 2.45) is 17.3 Å². The van der Waals surface area contributed by atoms with Gasteiger partial charge in [0.15, 0.2) is 0 Å². The third-order valence-corrected chi connectivity index (χ3v) is 7.71. The topological polar surface area (TPSA) is 61.8 Å². The fourth-order valence-electron chi connectivity index (χ4n) is 6.99. The summed E-state index contributed by atoms with van der Waals surface area (Å²) in [6.45, 7) is 5.19. The molecule has 1 aliphatic heterocycles. The molecular weight excluding hydrogens is 364 g/mol. The number of carbonyl (C=O) groups excluding carboxylic acids is 1. The van der Waals surface area contributed by atoms with Crippen molar-refractivity contribution in [3.63, 3.8) is 0 Å². The van der Waals surface area contributed by atoms with E-state index < -0.39 is 5.60 Å². The van der Waals surface area contributed by atoms with Crippen LogP contribution in [0.4, 0.5) is 0 Å². The molecule has 5 aliphatic rings. The summed E-state index contributed by atoms with van der Waals surface area (Å²) in [6.07, 6.45) is 6.87. The van der Waals surface area contributed by atoms with Crippen molar-refractivity contribution < 1.29 is 14.6 Å². The quantitative estimate of drug-likeness (QED) is 0.774. The number of nitrogens with one attached hydrogen (secondary N) is 1. The van der Waals surface area contributed by atoms with Gasteiger partial charge < -0.3 is 15.2 Å². The Morgan fingerprint density at radius 2 is 1.72 bits per heavy atom. The molecule has 5 fully saturated rings. The van der Waals surface area contributed by atoms with Gasteiger partial charge in [-0.1, -0.05) is 24.3 Å². The largest absolute Gasteiger partial charge is 0.390 e. The van der Waals surface area contributed by atoms with Gasteiger partial charge in [0, 0.05) is 32.6 Å². The molecule has 1 aromatic carbocycles. The molecule has 4 aliphatic carbocycles. The molecule has 2 atom stereocenters. The summed E-state index contributed by atoms with van der Waals surface area (Å²) in [5, 5.41) is 14.0. The van der Waals surface area contributed by atoms with Crippen molar-refractivity contribution >= 4 is 5.91 Å². The average molecular weight is 399 g/mol. The molecule has 2 unspecified atom stereocenters. The van der Waals surface area contributed by atoms with Crippen molar-refractivity contribution in [1.29, 1.82) is 0 Å². The summed E-state index contributed by atoms with van der Waals surface area (Å²) >= 11 is 0. The molecule has 5 nitrogen and oxygen atoms in total. The zero-order chi connectivity index (χ0) is 19.9. The van der Waals surface area contributed by atoms with E-state index in [1.54, 1.807) is 0 Å². The van der Waals surface area contributed by atoms with Crippen LogP contribution in [0.1, 0.15) is 56.1 Å². The van der Waals surface area contributed by atoms with Crippen LogP contribution in [0.5, 0.6) is 0 Å². The first kappa shape index (κ1) is 19.5. The molecule has 4 bridgehead atoms. The third-order valence-electron chi connectivity index (χ3n) is 7.71. The molecule has 5 heteroatoms. The number of morpholine rings is 1. The first-order valence-corrected chi connectivity index (χ1v) is 11.4. The second-order valence-electron chi connectivity index (χ2n) is 10.3. The van der Waals surface area contributed by atoms with Gasteiger partial charge in [-0.3, -0.25) is 9.69 Å². The van der Waals surface area contributed by atoms with E-state index in [4.69, 9.17) is 4.74 Å². The Morgan fingerprint density at radius 1 is 1.07 bits per heavy atom. The SMILES string of the molecule is O=C(CC12CC3CC(CC(O)(C3)C1)C2)NCc1ccc(CN2CCOCC2)cc1. The summed E-state index contributed by atoms with van der Waals surface area (Å²) in [4.78, 5) is 15.1. The second-order valence-corrected chi connectivity index (χ2v) is 10.3. The number of benzene rings is 1. The molecule has 4 saturated carbocycles. The van der Waals surface area contributed by atoms with Gasteiger partial charge in [-0.15, -0.1) is 0 Å². The lowest BCUT2D eigenvalue weighted by Crippen LogP contribution is -2.56. The van der Waals surface area contributed by atoms with Crippen molar-refractivity contribution in [3.8, 4) is 0 Å². The van der Waals surface area contributed by atoms with Gasteiger partial charge in [-0.2, -0.15) is 0 Å². The van der Waals surface area contributed by atoms with Crippen molar-refractivity contribution in [2.45, 2.75) is 63.6 Å². The van der Waals surface area contributed by atoms with E-state index >= 15 is 0 Å². The zero-order valence-electron chi connectivity index (χ0n) is 17.4. The number of aliphatic hydroxyl groups is 1. The fourth-order valence-corrected chi connectivity index (χ4v) is 6.99. The highest BCUT2D eigenvalue weighted by Crippen LogP contribution is 2.62. The lowest BCUT2D eigenvalue weighted by atomic mass is 9.47. The molecule has 0 radical (unpaired) electrons. The number of rotatable bonds is 6. The van der Waals surface area contributed by atoms with Gasteiger partial charge in [-0.05, 0) is 66.9 Å². The summed E-state index contributed by atoms with van der Waals surface area (Å²) in [5.74, 6) is 1.41. The van der Waals surface area contributed by atoms with Gasteiger partial charge in [0.25, 0.3) is 0 Å².